The minimum atomic E-state index is -4.56. The van der Waals surface area contributed by atoms with Crippen molar-refractivity contribution in [3.05, 3.63) is 40.5 Å². The van der Waals surface area contributed by atoms with Crippen LogP contribution < -0.4 is 0 Å². The molecule has 1 aromatic carbocycles. The third-order valence-electron chi connectivity index (χ3n) is 2.47. The van der Waals surface area contributed by atoms with Gasteiger partial charge in [-0.25, -0.2) is 4.79 Å². The van der Waals surface area contributed by atoms with Crippen molar-refractivity contribution in [1.29, 1.82) is 0 Å². The van der Waals surface area contributed by atoms with Crippen LogP contribution in [-0.4, -0.2) is 11.1 Å². The Labute approximate surface area is 103 Å². The predicted octanol–water partition coefficient (Wildman–Crippen LogP) is 4.14. The number of alkyl halides is 3. The van der Waals surface area contributed by atoms with E-state index in [1.165, 1.54) is 19.1 Å². The van der Waals surface area contributed by atoms with Gasteiger partial charge in [0.1, 0.15) is 0 Å². The van der Waals surface area contributed by atoms with Crippen LogP contribution in [0.25, 0.3) is 6.08 Å². The topological polar surface area (TPSA) is 37.3 Å². The van der Waals surface area contributed by atoms with Gasteiger partial charge in [0.15, 0.2) is 0 Å². The number of hydrogen-bond donors (Lipinski definition) is 1. The minimum absolute atomic E-state index is 0.00755. The zero-order chi connectivity index (χ0) is 13.9. The molecule has 18 heavy (non-hydrogen) atoms. The summed E-state index contributed by atoms with van der Waals surface area (Å²) < 4.78 is 38.5. The molecule has 1 N–H and O–H groups in total. The summed E-state index contributed by atoms with van der Waals surface area (Å²) in [6.07, 6.45) is -0.992. The first-order valence-corrected chi connectivity index (χ1v) is 5.39. The first-order valence-electron chi connectivity index (χ1n) is 5.39. The van der Waals surface area contributed by atoms with Gasteiger partial charge in [0, 0.05) is 0 Å². The van der Waals surface area contributed by atoms with Gasteiger partial charge in [0.2, 0.25) is 0 Å². The summed E-state index contributed by atoms with van der Waals surface area (Å²) in [5.74, 6) is -1.36. The Morgan fingerprint density at radius 3 is 2.44 bits per heavy atom. The second kappa shape index (κ2) is 5.25. The lowest BCUT2D eigenvalue weighted by Crippen LogP contribution is -2.11. The molecule has 2 nitrogen and oxygen atoms in total. The third-order valence-corrected chi connectivity index (χ3v) is 2.47. The number of rotatable bonds is 3. The number of carboxylic acids is 1. The van der Waals surface area contributed by atoms with Crippen LogP contribution >= 0.6 is 0 Å². The summed E-state index contributed by atoms with van der Waals surface area (Å²) in [6.45, 7) is 3.29. The highest BCUT2D eigenvalue weighted by Gasteiger charge is 2.34. The van der Waals surface area contributed by atoms with Crippen LogP contribution in [0.2, 0.25) is 0 Å². The molecule has 0 aliphatic heterocycles. The first kappa shape index (κ1) is 14.3. The van der Waals surface area contributed by atoms with Crippen molar-refractivity contribution in [2.45, 2.75) is 26.4 Å². The van der Waals surface area contributed by atoms with Gasteiger partial charge in [0.25, 0.3) is 0 Å². The quantitative estimate of drug-likeness (QED) is 0.884. The van der Waals surface area contributed by atoms with Gasteiger partial charge >= 0.3 is 12.1 Å². The molecular formula is C13H13F3O2. The van der Waals surface area contributed by atoms with Crippen LogP contribution in [0.4, 0.5) is 13.2 Å². The fraction of sp³-hybridized carbons (Fsp3) is 0.308. The number of allylic oxidation sites excluding steroid dienone is 1. The standard InChI is InChI=1S/C13H13F3O2/c1-3-4-5-9-6-8(2)10(12(17)18)7-11(9)13(14,15)16/h4-7H,3H2,1-2H3,(H,17,18). The molecule has 0 aliphatic carbocycles. The average Bonchev–Trinajstić information content (AvgIpc) is 2.23. The van der Waals surface area contributed by atoms with Crippen molar-refractivity contribution in [3.63, 3.8) is 0 Å². The Morgan fingerprint density at radius 2 is 2.00 bits per heavy atom. The maximum absolute atomic E-state index is 12.8. The van der Waals surface area contributed by atoms with Crippen LogP contribution in [-0.2, 0) is 6.18 Å². The first-order chi connectivity index (χ1) is 8.27. The molecule has 0 heterocycles. The highest BCUT2D eigenvalue weighted by molar-refractivity contribution is 5.90. The van der Waals surface area contributed by atoms with E-state index in [9.17, 15) is 18.0 Å². The molecule has 0 atom stereocenters. The van der Waals surface area contributed by atoms with E-state index < -0.39 is 17.7 Å². The van der Waals surface area contributed by atoms with Crippen molar-refractivity contribution in [3.8, 4) is 0 Å². The number of carbonyl (C=O) groups is 1. The van der Waals surface area contributed by atoms with Crippen molar-refractivity contribution >= 4 is 12.0 Å². The molecule has 5 heteroatoms. The molecule has 0 amide bonds. The smallest absolute Gasteiger partial charge is 0.417 e. The molecule has 0 saturated carbocycles. The lowest BCUT2D eigenvalue weighted by atomic mass is 9.98. The fourth-order valence-electron chi connectivity index (χ4n) is 1.59. The zero-order valence-electron chi connectivity index (χ0n) is 10.0. The normalized spacial score (nSPS) is 12.1. The van der Waals surface area contributed by atoms with E-state index in [-0.39, 0.29) is 11.1 Å². The third kappa shape index (κ3) is 3.12. The Bertz CT molecular complexity index is 488. The van der Waals surface area contributed by atoms with Gasteiger partial charge in [0.05, 0.1) is 11.1 Å². The van der Waals surface area contributed by atoms with E-state index in [0.29, 0.717) is 18.1 Å². The second-order valence-electron chi connectivity index (χ2n) is 3.87. The molecule has 0 aromatic heterocycles. The predicted molar refractivity (Wildman–Crippen MR) is 62.5 cm³/mol. The van der Waals surface area contributed by atoms with Gasteiger partial charge in [-0.3, -0.25) is 0 Å². The van der Waals surface area contributed by atoms with Crippen LogP contribution in [0, 0.1) is 6.92 Å². The fourth-order valence-corrected chi connectivity index (χ4v) is 1.59. The van der Waals surface area contributed by atoms with E-state index in [1.54, 1.807) is 6.08 Å². The van der Waals surface area contributed by atoms with E-state index in [4.69, 9.17) is 5.11 Å². The molecule has 1 aromatic rings. The molecule has 98 valence electrons. The molecule has 0 radical (unpaired) electrons. The van der Waals surface area contributed by atoms with Crippen molar-refractivity contribution < 1.29 is 23.1 Å². The van der Waals surface area contributed by atoms with Crippen LogP contribution in [0.3, 0.4) is 0 Å². The SMILES string of the molecule is CCC=Cc1cc(C)c(C(=O)O)cc1C(F)(F)F. The van der Waals surface area contributed by atoms with E-state index in [2.05, 4.69) is 0 Å². The van der Waals surface area contributed by atoms with Crippen molar-refractivity contribution in [1.82, 2.24) is 0 Å². The summed E-state index contributed by atoms with van der Waals surface area (Å²) in [7, 11) is 0. The molecule has 1 rings (SSSR count). The monoisotopic (exact) mass is 258 g/mol. The molecule has 0 spiro atoms. The lowest BCUT2D eigenvalue weighted by molar-refractivity contribution is -0.137. The summed E-state index contributed by atoms with van der Waals surface area (Å²) in [5, 5.41) is 8.84. The summed E-state index contributed by atoms with van der Waals surface area (Å²) >= 11 is 0. The van der Waals surface area contributed by atoms with Crippen LogP contribution in [0.15, 0.2) is 18.2 Å². The summed E-state index contributed by atoms with van der Waals surface area (Å²) in [4.78, 5) is 10.8. The molecule has 0 unspecified atom stereocenters. The molecule has 0 bridgehead atoms. The molecule has 0 saturated heterocycles. The van der Waals surface area contributed by atoms with Gasteiger partial charge in [-0.1, -0.05) is 25.1 Å². The minimum Gasteiger partial charge on any atom is -0.478 e. The maximum atomic E-state index is 12.8. The van der Waals surface area contributed by atoms with Crippen LogP contribution in [0.1, 0.15) is 40.4 Å². The van der Waals surface area contributed by atoms with Crippen LogP contribution in [0.5, 0.6) is 0 Å². The Hall–Kier alpha value is -1.78. The second-order valence-corrected chi connectivity index (χ2v) is 3.87. The molecule has 0 fully saturated rings. The van der Waals surface area contributed by atoms with E-state index in [0.717, 1.165) is 0 Å². The lowest BCUT2D eigenvalue weighted by Gasteiger charge is -2.13. The largest absolute Gasteiger partial charge is 0.478 e. The Kier molecular flexibility index (Phi) is 4.16. The molecular weight excluding hydrogens is 245 g/mol. The summed E-state index contributed by atoms with van der Waals surface area (Å²) in [6, 6.07) is 1.94. The maximum Gasteiger partial charge on any atom is 0.417 e. The summed E-state index contributed by atoms with van der Waals surface area (Å²) in [5.41, 5.74) is -0.940. The highest BCUT2D eigenvalue weighted by atomic mass is 19.4. The van der Waals surface area contributed by atoms with Gasteiger partial charge in [-0.2, -0.15) is 13.2 Å². The Morgan fingerprint density at radius 1 is 1.39 bits per heavy atom. The van der Waals surface area contributed by atoms with Gasteiger partial charge in [-0.15, -0.1) is 0 Å². The zero-order valence-corrected chi connectivity index (χ0v) is 10.0. The highest BCUT2D eigenvalue weighted by Crippen LogP contribution is 2.34. The van der Waals surface area contributed by atoms with Gasteiger partial charge < -0.3 is 5.11 Å². The number of halogens is 3. The van der Waals surface area contributed by atoms with Gasteiger partial charge in [-0.05, 0) is 30.5 Å². The number of aromatic carboxylic acids is 1. The number of aryl methyl sites for hydroxylation is 1. The average molecular weight is 258 g/mol. The van der Waals surface area contributed by atoms with E-state index >= 15 is 0 Å². The van der Waals surface area contributed by atoms with E-state index in [1.807, 2.05) is 6.92 Å². The van der Waals surface area contributed by atoms with Crippen molar-refractivity contribution in [2.24, 2.45) is 0 Å². The molecule has 0 aliphatic rings. The number of hydrogen-bond acceptors (Lipinski definition) is 1. The van der Waals surface area contributed by atoms with Crippen molar-refractivity contribution in [2.75, 3.05) is 0 Å². The number of benzene rings is 1. The number of carboxylic acid groups (broad SMARTS) is 1. The Balaban J connectivity index is 3.47.